The van der Waals surface area contributed by atoms with Crippen LogP contribution < -0.4 is 5.73 Å². The Morgan fingerprint density at radius 1 is 1.44 bits per heavy atom. The maximum Gasteiger partial charge on any atom is 0.245 e. The minimum absolute atomic E-state index is 0.0247. The van der Waals surface area contributed by atoms with Gasteiger partial charge in [-0.25, -0.2) is 0 Å². The minimum atomic E-state index is -0.935. The van der Waals surface area contributed by atoms with Gasteiger partial charge in [-0.1, -0.05) is 0 Å². The van der Waals surface area contributed by atoms with Gasteiger partial charge >= 0.3 is 0 Å². The molecule has 2 saturated heterocycles. The third-order valence-corrected chi connectivity index (χ3v) is 3.72. The van der Waals surface area contributed by atoms with Crippen molar-refractivity contribution in [3.63, 3.8) is 0 Å². The van der Waals surface area contributed by atoms with E-state index in [-0.39, 0.29) is 24.5 Å². The number of hydrogen-bond acceptors (Lipinski definition) is 4. The Morgan fingerprint density at radius 3 is 2.72 bits per heavy atom. The number of likely N-dealkylation sites (tertiary alicyclic amines) is 1. The van der Waals surface area contributed by atoms with Crippen LogP contribution in [-0.4, -0.2) is 67.0 Å². The van der Waals surface area contributed by atoms with E-state index < -0.39 is 5.54 Å². The molecule has 0 spiro atoms. The Hall–Kier alpha value is -1.14. The van der Waals surface area contributed by atoms with Crippen LogP contribution in [-0.2, 0) is 14.3 Å². The summed E-state index contributed by atoms with van der Waals surface area (Å²) in [7, 11) is 3.42. The first-order chi connectivity index (χ1) is 8.46. The van der Waals surface area contributed by atoms with Crippen LogP contribution in [0.15, 0.2) is 0 Å². The molecule has 0 aliphatic carbocycles. The second-order valence-corrected chi connectivity index (χ2v) is 5.35. The van der Waals surface area contributed by atoms with Crippen molar-refractivity contribution in [1.82, 2.24) is 9.80 Å². The first-order valence-electron chi connectivity index (χ1n) is 6.34. The Kier molecular flexibility index (Phi) is 3.59. The fraction of sp³-hybridized carbons (Fsp3) is 0.833. The lowest BCUT2D eigenvalue weighted by atomic mass is 9.98. The van der Waals surface area contributed by atoms with Gasteiger partial charge in [0.15, 0.2) is 0 Å². The lowest BCUT2D eigenvalue weighted by Crippen LogP contribution is -2.59. The zero-order valence-electron chi connectivity index (χ0n) is 11.0. The van der Waals surface area contributed by atoms with Crippen molar-refractivity contribution in [3.8, 4) is 0 Å². The van der Waals surface area contributed by atoms with Gasteiger partial charge in [0, 0.05) is 27.2 Å². The molecule has 2 fully saturated rings. The fourth-order valence-electron chi connectivity index (χ4n) is 2.60. The number of nitrogens with two attached hydrogens (primary N) is 1. The van der Waals surface area contributed by atoms with E-state index in [0.717, 1.165) is 12.8 Å². The summed E-state index contributed by atoms with van der Waals surface area (Å²) in [6, 6.07) is -0.353. The number of carbonyl (C=O) groups is 2. The van der Waals surface area contributed by atoms with E-state index in [4.69, 9.17) is 10.5 Å². The number of amides is 2. The van der Waals surface area contributed by atoms with E-state index in [1.165, 1.54) is 4.90 Å². The molecule has 0 bridgehead atoms. The van der Waals surface area contributed by atoms with Crippen LogP contribution in [0.25, 0.3) is 0 Å². The third-order valence-electron chi connectivity index (χ3n) is 3.72. The van der Waals surface area contributed by atoms with Crippen LogP contribution >= 0.6 is 0 Å². The van der Waals surface area contributed by atoms with Gasteiger partial charge in [0.25, 0.3) is 0 Å². The summed E-state index contributed by atoms with van der Waals surface area (Å²) < 4.78 is 5.22. The molecule has 18 heavy (non-hydrogen) atoms. The highest BCUT2D eigenvalue weighted by atomic mass is 16.5. The molecule has 2 amide bonds. The minimum Gasteiger partial charge on any atom is -0.379 e. The van der Waals surface area contributed by atoms with E-state index in [2.05, 4.69) is 0 Å². The molecule has 2 N–H and O–H groups in total. The predicted octanol–water partition coefficient (Wildman–Crippen LogP) is -0.817. The predicted molar refractivity (Wildman–Crippen MR) is 65.8 cm³/mol. The standard InChI is InChI=1S/C12H21N3O3/c1-14(2)10(16)9-4-3-6-15(9)11(17)12(13)5-7-18-8-12/h9H,3-8,13H2,1-2H3. The Morgan fingerprint density at radius 2 is 2.17 bits per heavy atom. The van der Waals surface area contributed by atoms with Gasteiger partial charge in [0.2, 0.25) is 11.8 Å². The molecule has 2 aliphatic heterocycles. The first-order valence-corrected chi connectivity index (χ1v) is 6.34. The van der Waals surface area contributed by atoms with Gasteiger partial charge < -0.3 is 20.3 Å². The summed E-state index contributed by atoms with van der Waals surface area (Å²) in [5.74, 6) is -0.166. The summed E-state index contributed by atoms with van der Waals surface area (Å²) >= 11 is 0. The molecule has 6 nitrogen and oxygen atoms in total. The smallest absolute Gasteiger partial charge is 0.245 e. The summed E-state index contributed by atoms with van der Waals surface area (Å²) in [5.41, 5.74) is 5.14. The number of nitrogens with zero attached hydrogens (tertiary/aromatic N) is 2. The molecule has 0 aromatic rings. The second-order valence-electron chi connectivity index (χ2n) is 5.35. The van der Waals surface area contributed by atoms with Crippen LogP contribution in [0.3, 0.4) is 0 Å². The number of carbonyl (C=O) groups excluding carboxylic acids is 2. The average Bonchev–Trinajstić information content (AvgIpc) is 2.96. The van der Waals surface area contributed by atoms with Crippen molar-refractivity contribution >= 4 is 11.8 Å². The van der Waals surface area contributed by atoms with E-state index in [9.17, 15) is 9.59 Å². The summed E-state index contributed by atoms with van der Waals surface area (Å²) in [5, 5.41) is 0. The molecule has 102 valence electrons. The van der Waals surface area contributed by atoms with Crippen LogP contribution in [0.4, 0.5) is 0 Å². The zero-order valence-corrected chi connectivity index (χ0v) is 11.0. The van der Waals surface area contributed by atoms with Gasteiger partial charge in [0.05, 0.1) is 6.61 Å². The van der Waals surface area contributed by atoms with Crippen LogP contribution in [0, 0.1) is 0 Å². The van der Waals surface area contributed by atoms with Gasteiger partial charge in [-0.2, -0.15) is 0 Å². The topological polar surface area (TPSA) is 75.9 Å². The number of likely N-dealkylation sites (N-methyl/N-ethyl adjacent to an activating group) is 1. The summed E-state index contributed by atoms with van der Waals surface area (Å²) in [6.07, 6.45) is 2.11. The van der Waals surface area contributed by atoms with E-state index in [0.29, 0.717) is 19.6 Å². The van der Waals surface area contributed by atoms with Crippen molar-refractivity contribution < 1.29 is 14.3 Å². The highest BCUT2D eigenvalue weighted by molar-refractivity contribution is 5.92. The third kappa shape index (κ3) is 2.22. The van der Waals surface area contributed by atoms with Crippen molar-refractivity contribution in [1.29, 1.82) is 0 Å². The molecular formula is C12H21N3O3. The zero-order chi connectivity index (χ0) is 13.3. The molecule has 6 heteroatoms. The maximum atomic E-state index is 12.5. The van der Waals surface area contributed by atoms with Crippen molar-refractivity contribution in [2.45, 2.75) is 30.8 Å². The van der Waals surface area contributed by atoms with Crippen LogP contribution in [0.5, 0.6) is 0 Å². The molecule has 0 saturated carbocycles. The molecule has 0 aromatic heterocycles. The molecule has 2 heterocycles. The van der Waals surface area contributed by atoms with Gasteiger partial charge in [0.1, 0.15) is 11.6 Å². The number of rotatable bonds is 2. The molecule has 2 aliphatic rings. The highest BCUT2D eigenvalue weighted by Crippen LogP contribution is 2.25. The summed E-state index contributed by atoms with van der Waals surface area (Å²) in [6.45, 7) is 1.38. The molecule has 2 unspecified atom stereocenters. The monoisotopic (exact) mass is 255 g/mol. The van der Waals surface area contributed by atoms with Crippen LogP contribution in [0.1, 0.15) is 19.3 Å². The molecule has 2 rings (SSSR count). The van der Waals surface area contributed by atoms with E-state index >= 15 is 0 Å². The lowest BCUT2D eigenvalue weighted by Gasteiger charge is -2.32. The van der Waals surface area contributed by atoms with Gasteiger partial charge in [-0.15, -0.1) is 0 Å². The molecular weight excluding hydrogens is 234 g/mol. The second kappa shape index (κ2) is 4.85. The Bertz CT molecular complexity index is 350. The SMILES string of the molecule is CN(C)C(=O)C1CCCN1C(=O)C1(N)CCOC1. The lowest BCUT2D eigenvalue weighted by molar-refractivity contribution is -0.145. The fourth-order valence-corrected chi connectivity index (χ4v) is 2.60. The Labute approximate surface area is 107 Å². The largest absolute Gasteiger partial charge is 0.379 e. The molecule has 2 atom stereocenters. The normalized spacial score (nSPS) is 31.7. The quantitative estimate of drug-likeness (QED) is 0.700. The van der Waals surface area contributed by atoms with Crippen LogP contribution in [0.2, 0.25) is 0 Å². The maximum absolute atomic E-state index is 12.5. The number of hydrogen-bond donors (Lipinski definition) is 1. The van der Waals surface area contributed by atoms with E-state index in [1.807, 2.05) is 0 Å². The molecule has 0 aromatic carbocycles. The van der Waals surface area contributed by atoms with Gasteiger partial charge in [-0.3, -0.25) is 9.59 Å². The van der Waals surface area contributed by atoms with Crippen molar-refractivity contribution in [3.05, 3.63) is 0 Å². The Balaban J connectivity index is 2.12. The first kappa shape index (κ1) is 13.3. The average molecular weight is 255 g/mol. The summed E-state index contributed by atoms with van der Waals surface area (Å²) in [4.78, 5) is 27.7. The van der Waals surface area contributed by atoms with Crippen molar-refractivity contribution in [2.75, 3.05) is 33.9 Å². The number of ether oxygens (including phenoxy) is 1. The van der Waals surface area contributed by atoms with Crippen molar-refractivity contribution in [2.24, 2.45) is 5.73 Å². The molecule has 0 radical (unpaired) electrons. The van der Waals surface area contributed by atoms with Gasteiger partial charge in [-0.05, 0) is 19.3 Å². The highest BCUT2D eigenvalue weighted by Gasteiger charge is 2.45. The van der Waals surface area contributed by atoms with E-state index in [1.54, 1.807) is 19.0 Å².